The molecule has 0 amide bonds. The SMILES string of the molecule is COCCOCCOCCOc1ccc(C)cc1[C@@H](C)O. The molecular weight excluding hydrogens is 272 g/mol. The number of aliphatic hydroxyl groups excluding tert-OH is 1. The largest absolute Gasteiger partial charge is 0.491 e. The summed E-state index contributed by atoms with van der Waals surface area (Å²) in [6, 6.07) is 5.78. The molecule has 1 atom stereocenters. The molecule has 1 N–H and O–H groups in total. The van der Waals surface area contributed by atoms with Gasteiger partial charge in [0, 0.05) is 12.7 Å². The number of benzene rings is 1. The van der Waals surface area contributed by atoms with Gasteiger partial charge in [0.05, 0.1) is 39.1 Å². The lowest BCUT2D eigenvalue weighted by atomic mass is 10.1. The molecule has 1 aromatic carbocycles. The zero-order chi connectivity index (χ0) is 15.5. The Morgan fingerprint density at radius 1 is 1.00 bits per heavy atom. The quantitative estimate of drug-likeness (QED) is 0.634. The van der Waals surface area contributed by atoms with Gasteiger partial charge < -0.3 is 24.1 Å². The molecule has 0 saturated heterocycles. The van der Waals surface area contributed by atoms with E-state index in [0.717, 1.165) is 11.1 Å². The molecule has 5 nitrogen and oxygen atoms in total. The second-order valence-electron chi connectivity index (χ2n) is 4.78. The minimum Gasteiger partial charge on any atom is -0.491 e. The fourth-order valence-corrected chi connectivity index (χ4v) is 1.80. The van der Waals surface area contributed by atoms with Crippen molar-refractivity contribution in [2.24, 2.45) is 0 Å². The molecule has 5 heteroatoms. The van der Waals surface area contributed by atoms with E-state index in [9.17, 15) is 5.11 Å². The van der Waals surface area contributed by atoms with Crippen LogP contribution in [0.25, 0.3) is 0 Å². The molecule has 0 aliphatic rings. The van der Waals surface area contributed by atoms with Gasteiger partial charge in [0.15, 0.2) is 0 Å². The van der Waals surface area contributed by atoms with E-state index < -0.39 is 6.10 Å². The Bertz CT molecular complexity index is 392. The highest BCUT2D eigenvalue weighted by atomic mass is 16.6. The lowest BCUT2D eigenvalue weighted by Gasteiger charge is -2.14. The van der Waals surface area contributed by atoms with Crippen LogP contribution in [0.1, 0.15) is 24.2 Å². The molecule has 0 aliphatic carbocycles. The summed E-state index contributed by atoms with van der Waals surface area (Å²) in [6.45, 7) is 6.91. The maximum absolute atomic E-state index is 9.73. The number of hydrogen-bond donors (Lipinski definition) is 1. The third kappa shape index (κ3) is 7.43. The van der Waals surface area contributed by atoms with Crippen molar-refractivity contribution < 1.29 is 24.1 Å². The number of rotatable bonds is 11. The second-order valence-corrected chi connectivity index (χ2v) is 4.78. The number of ether oxygens (including phenoxy) is 4. The van der Waals surface area contributed by atoms with Crippen molar-refractivity contribution >= 4 is 0 Å². The van der Waals surface area contributed by atoms with Gasteiger partial charge in [0.2, 0.25) is 0 Å². The molecule has 1 aromatic rings. The summed E-state index contributed by atoms with van der Waals surface area (Å²) in [5, 5.41) is 9.73. The van der Waals surface area contributed by atoms with Crippen LogP contribution in [0.5, 0.6) is 5.75 Å². The van der Waals surface area contributed by atoms with Crippen LogP contribution < -0.4 is 4.74 Å². The third-order valence-electron chi connectivity index (χ3n) is 2.90. The fraction of sp³-hybridized carbons (Fsp3) is 0.625. The number of aliphatic hydroxyl groups is 1. The number of methoxy groups -OCH3 is 1. The van der Waals surface area contributed by atoms with Gasteiger partial charge in [-0.1, -0.05) is 11.6 Å². The molecule has 0 bridgehead atoms. The lowest BCUT2D eigenvalue weighted by molar-refractivity contribution is 0.0177. The van der Waals surface area contributed by atoms with Gasteiger partial charge in [-0.15, -0.1) is 0 Å². The predicted octanol–water partition coefficient (Wildman–Crippen LogP) is 2.11. The monoisotopic (exact) mass is 298 g/mol. The Hall–Kier alpha value is -1.14. The summed E-state index contributed by atoms with van der Waals surface area (Å²) in [4.78, 5) is 0. The first kappa shape index (κ1) is 17.9. The minimum absolute atomic E-state index is 0.445. The summed E-state index contributed by atoms with van der Waals surface area (Å²) < 4.78 is 21.2. The van der Waals surface area contributed by atoms with Gasteiger partial charge in [-0.3, -0.25) is 0 Å². The first-order valence-corrected chi connectivity index (χ1v) is 7.21. The lowest BCUT2D eigenvalue weighted by Crippen LogP contribution is -2.13. The summed E-state index contributed by atoms with van der Waals surface area (Å²) >= 11 is 0. The zero-order valence-corrected chi connectivity index (χ0v) is 13.1. The van der Waals surface area contributed by atoms with Crippen molar-refractivity contribution in [3.63, 3.8) is 0 Å². The molecule has 21 heavy (non-hydrogen) atoms. The molecule has 1 rings (SSSR count). The van der Waals surface area contributed by atoms with Gasteiger partial charge in [-0.25, -0.2) is 0 Å². The van der Waals surface area contributed by atoms with Crippen LogP contribution in [0.15, 0.2) is 18.2 Å². The summed E-state index contributed by atoms with van der Waals surface area (Å²) in [5.41, 5.74) is 1.90. The highest BCUT2D eigenvalue weighted by Crippen LogP contribution is 2.26. The molecular formula is C16H26O5. The third-order valence-corrected chi connectivity index (χ3v) is 2.90. The Morgan fingerprint density at radius 2 is 1.62 bits per heavy atom. The molecule has 0 fully saturated rings. The molecule has 0 spiro atoms. The molecule has 0 radical (unpaired) electrons. The topological polar surface area (TPSA) is 57.2 Å². The van der Waals surface area contributed by atoms with E-state index in [1.54, 1.807) is 14.0 Å². The molecule has 0 heterocycles. The van der Waals surface area contributed by atoms with E-state index in [2.05, 4.69) is 0 Å². The Morgan fingerprint density at radius 3 is 2.24 bits per heavy atom. The zero-order valence-electron chi connectivity index (χ0n) is 13.1. The van der Waals surface area contributed by atoms with Gasteiger partial charge in [0.25, 0.3) is 0 Å². The Balaban J connectivity index is 2.18. The molecule has 120 valence electrons. The van der Waals surface area contributed by atoms with E-state index >= 15 is 0 Å². The van der Waals surface area contributed by atoms with Crippen LogP contribution in [-0.2, 0) is 14.2 Å². The average molecular weight is 298 g/mol. The van der Waals surface area contributed by atoms with Crippen LogP contribution in [0.3, 0.4) is 0 Å². The standard InChI is InChI=1S/C16H26O5/c1-13-4-5-16(15(12-13)14(2)17)21-11-10-20-9-8-19-7-6-18-3/h4-5,12,14,17H,6-11H2,1-3H3/t14-/m1/s1. The average Bonchev–Trinajstić information content (AvgIpc) is 2.46. The molecule has 0 unspecified atom stereocenters. The summed E-state index contributed by atoms with van der Waals surface area (Å²) in [6.07, 6.45) is -0.546. The molecule has 0 saturated carbocycles. The van der Waals surface area contributed by atoms with Crippen molar-refractivity contribution in [2.45, 2.75) is 20.0 Å². The van der Waals surface area contributed by atoms with Crippen molar-refractivity contribution in [3.8, 4) is 5.75 Å². The van der Waals surface area contributed by atoms with Crippen LogP contribution in [-0.4, -0.2) is 51.9 Å². The Labute approximate surface area is 126 Å². The van der Waals surface area contributed by atoms with Gasteiger partial charge in [0.1, 0.15) is 12.4 Å². The van der Waals surface area contributed by atoms with Crippen LogP contribution in [0, 0.1) is 6.92 Å². The number of hydrogen-bond acceptors (Lipinski definition) is 5. The second kappa shape index (κ2) is 10.6. The van der Waals surface area contributed by atoms with Crippen LogP contribution in [0.2, 0.25) is 0 Å². The van der Waals surface area contributed by atoms with Crippen molar-refractivity contribution in [1.82, 2.24) is 0 Å². The highest BCUT2D eigenvalue weighted by Gasteiger charge is 2.09. The minimum atomic E-state index is -0.546. The Kier molecular flexibility index (Phi) is 9.01. The van der Waals surface area contributed by atoms with Crippen molar-refractivity contribution in [2.75, 3.05) is 46.8 Å². The normalized spacial score (nSPS) is 12.4. The van der Waals surface area contributed by atoms with Crippen molar-refractivity contribution in [3.05, 3.63) is 29.3 Å². The van der Waals surface area contributed by atoms with E-state index in [-0.39, 0.29) is 0 Å². The molecule has 0 aromatic heterocycles. The summed E-state index contributed by atoms with van der Waals surface area (Å²) in [5.74, 6) is 0.704. The fourth-order valence-electron chi connectivity index (χ4n) is 1.80. The van der Waals surface area contributed by atoms with E-state index in [1.807, 2.05) is 25.1 Å². The smallest absolute Gasteiger partial charge is 0.125 e. The van der Waals surface area contributed by atoms with Gasteiger partial charge >= 0.3 is 0 Å². The van der Waals surface area contributed by atoms with E-state index in [1.165, 1.54) is 0 Å². The maximum Gasteiger partial charge on any atom is 0.125 e. The van der Waals surface area contributed by atoms with E-state index in [0.29, 0.717) is 45.4 Å². The van der Waals surface area contributed by atoms with Gasteiger partial charge in [-0.05, 0) is 26.0 Å². The van der Waals surface area contributed by atoms with Crippen LogP contribution in [0.4, 0.5) is 0 Å². The highest BCUT2D eigenvalue weighted by molar-refractivity contribution is 5.38. The first-order valence-electron chi connectivity index (χ1n) is 7.21. The number of aryl methyl sites for hydroxylation is 1. The van der Waals surface area contributed by atoms with Crippen molar-refractivity contribution in [1.29, 1.82) is 0 Å². The van der Waals surface area contributed by atoms with E-state index in [4.69, 9.17) is 18.9 Å². The first-order chi connectivity index (χ1) is 10.1. The predicted molar refractivity (Wildman–Crippen MR) is 80.8 cm³/mol. The van der Waals surface area contributed by atoms with Crippen LogP contribution >= 0.6 is 0 Å². The maximum atomic E-state index is 9.73. The van der Waals surface area contributed by atoms with Gasteiger partial charge in [-0.2, -0.15) is 0 Å². The molecule has 0 aliphatic heterocycles. The summed E-state index contributed by atoms with van der Waals surface area (Å²) in [7, 11) is 1.64.